The van der Waals surface area contributed by atoms with Gasteiger partial charge in [0.05, 0.1) is 11.8 Å². The molecule has 64 valence electrons. The largest absolute Gasteiger partial charge is 0.411 e. The van der Waals surface area contributed by atoms with Crippen molar-refractivity contribution in [1.82, 2.24) is 4.90 Å². The fourth-order valence-corrected chi connectivity index (χ4v) is 1.65. The van der Waals surface area contributed by atoms with E-state index in [9.17, 15) is 0 Å². The molecule has 1 aliphatic rings. The monoisotopic (exact) mass is 156 g/mol. The zero-order valence-corrected chi connectivity index (χ0v) is 7.25. The van der Waals surface area contributed by atoms with E-state index in [1.54, 1.807) is 0 Å². The summed E-state index contributed by atoms with van der Waals surface area (Å²) in [6, 6.07) is 0.369. The summed E-state index contributed by atoms with van der Waals surface area (Å²) in [5, 5.41) is 12.0. The summed E-state index contributed by atoms with van der Waals surface area (Å²) in [4.78, 5) is 2.12. The topological polar surface area (TPSA) is 35.8 Å². The van der Waals surface area contributed by atoms with E-state index in [1.165, 1.54) is 12.8 Å². The van der Waals surface area contributed by atoms with Crippen LogP contribution in [0.25, 0.3) is 0 Å². The summed E-state index contributed by atoms with van der Waals surface area (Å²) in [5.74, 6) is 0. The van der Waals surface area contributed by atoms with Crippen molar-refractivity contribution in [2.45, 2.75) is 31.7 Å². The molecule has 11 heavy (non-hydrogen) atoms. The second kappa shape index (κ2) is 3.72. The fourth-order valence-electron chi connectivity index (χ4n) is 1.65. The first-order chi connectivity index (χ1) is 5.25. The minimum absolute atomic E-state index is 0.369. The lowest BCUT2D eigenvalue weighted by Gasteiger charge is -2.28. The van der Waals surface area contributed by atoms with Crippen LogP contribution in [0.3, 0.4) is 0 Å². The molecule has 3 heteroatoms. The maximum absolute atomic E-state index is 8.67. The van der Waals surface area contributed by atoms with Gasteiger partial charge in [-0.05, 0) is 33.4 Å². The van der Waals surface area contributed by atoms with Gasteiger partial charge in [-0.3, -0.25) is 0 Å². The van der Waals surface area contributed by atoms with Crippen LogP contribution in [-0.2, 0) is 0 Å². The van der Waals surface area contributed by atoms with Gasteiger partial charge in [0.25, 0.3) is 0 Å². The highest BCUT2D eigenvalue weighted by Gasteiger charge is 2.22. The van der Waals surface area contributed by atoms with Gasteiger partial charge in [0.15, 0.2) is 0 Å². The molecule has 0 aromatic rings. The van der Waals surface area contributed by atoms with Crippen LogP contribution >= 0.6 is 0 Å². The second-order valence-corrected chi connectivity index (χ2v) is 3.32. The Morgan fingerprint density at radius 1 is 1.45 bits per heavy atom. The first kappa shape index (κ1) is 8.53. The Hall–Kier alpha value is -0.570. The van der Waals surface area contributed by atoms with Crippen LogP contribution in [0.4, 0.5) is 0 Å². The summed E-state index contributed by atoms with van der Waals surface area (Å²) in [5.41, 5.74) is 0.946. The predicted octanol–water partition coefficient (Wildman–Crippen LogP) is 1.32. The number of hydrogen-bond acceptors (Lipinski definition) is 3. The van der Waals surface area contributed by atoms with Gasteiger partial charge in [0.2, 0.25) is 0 Å². The van der Waals surface area contributed by atoms with E-state index in [1.807, 2.05) is 14.1 Å². The molecule has 1 fully saturated rings. The summed E-state index contributed by atoms with van der Waals surface area (Å²) in [7, 11) is 4.06. The number of hydrogen-bond donors (Lipinski definition) is 1. The lowest BCUT2D eigenvalue weighted by atomic mass is 9.93. The molecule has 3 nitrogen and oxygen atoms in total. The highest BCUT2D eigenvalue weighted by atomic mass is 16.4. The summed E-state index contributed by atoms with van der Waals surface area (Å²) >= 11 is 0. The lowest BCUT2D eigenvalue weighted by Crippen LogP contribution is -2.37. The molecule has 0 saturated heterocycles. The van der Waals surface area contributed by atoms with Crippen molar-refractivity contribution in [3.63, 3.8) is 0 Å². The Bertz CT molecular complexity index is 154. The minimum atomic E-state index is 0.369. The van der Waals surface area contributed by atoms with E-state index >= 15 is 0 Å². The van der Waals surface area contributed by atoms with Gasteiger partial charge < -0.3 is 10.1 Å². The molecular weight excluding hydrogens is 140 g/mol. The summed E-state index contributed by atoms with van der Waals surface area (Å²) in [6.07, 6.45) is 4.51. The van der Waals surface area contributed by atoms with Gasteiger partial charge in [-0.1, -0.05) is 11.6 Å². The summed E-state index contributed by atoms with van der Waals surface area (Å²) in [6.45, 7) is 0. The first-order valence-electron chi connectivity index (χ1n) is 4.13. The highest BCUT2D eigenvalue weighted by molar-refractivity contribution is 5.89. The number of nitrogens with zero attached hydrogens (tertiary/aromatic N) is 2. The third-order valence-corrected chi connectivity index (χ3v) is 2.30. The Kier molecular flexibility index (Phi) is 2.88. The van der Waals surface area contributed by atoms with Crippen LogP contribution in [-0.4, -0.2) is 36.0 Å². The molecule has 1 saturated carbocycles. The Labute approximate surface area is 67.7 Å². The average Bonchev–Trinajstić information content (AvgIpc) is 2.04. The van der Waals surface area contributed by atoms with E-state index in [2.05, 4.69) is 10.1 Å². The maximum Gasteiger partial charge on any atom is 0.0741 e. The van der Waals surface area contributed by atoms with Crippen LogP contribution in [0.5, 0.6) is 0 Å². The van der Waals surface area contributed by atoms with Crippen molar-refractivity contribution in [2.24, 2.45) is 5.16 Å². The van der Waals surface area contributed by atoms with Crippen molar-refractivity contribution >= 4 is 5.71 Å². The van der Waals surface area contributed by atoms with E-state index in [0.717, 1.165) is 18.6 Å². The average molecular weight is 156 g/mol. The molecule has 0 amide bonds. The smallest absolute Gasteiger partial charge is 0.0741 e. The van der Waals surface area contributed by atoms with E-state index < -0.39 is 0 Å². The Balaban J connectivity index is 2.59. The zero-order valence-electron chi connectivity index (χ0n) is 7.25. The van der Waals surface area contributed by atoms with Crippen LogP contribution in [0, 0.1) is 0 Å². The van der Waals surface area contributed by atoms with Crippen LogP contribution in [0.1, 0.15) is 25.7 Å². The van der Waals surface area contributed by atoms with Crippen molar-refractivity contribution in [3.8, 4) is 0 Å². The standard InChI is InChI=1S/C8H16N2O/c1-10(2)8-6-4-3-5-7(8)9-11/h8,11H,3-6H2,1-2H3. The number of rotatable bonds is 1. The molecule has 0 radical (unpaired) electrons. The SMILES string of the molecule is CN(C)C1CCCCC1=NO. The van der Waals surface area contributed by atoms with Crippen molar-refractivity contribution in [2.75, 3.05) is 14.1 Å². The number of oxime groups is 1. The Morgan fingerprint density at radius 2 is 2.18 bits per heavy atom. The van der Waals surface area contributed by atoms with Gasteiger partial charge in [-0.15, -0.1) is 0 Å². The molecule has 0 spiro atoms. The third-order valence-electron chi connectivity index (χ3n) is 2.30. The van der Waals surface area contributed by atoms with E-state index in [0.29, 0.717) is 6.04 Å². The first-order valence-corrected chi connectivity index (χ1v) is 4.13. The van der Waals surface area contributed by atoms with Gasteiger partial charge >= 0.3 is 0 Å². The molecule has 1 N–H and O–H groups in total. The molecule has 1 rings (SSSR count). The van der Waals surface area contributed by atoms with Crippen molar-refractivity contribution < 1.29 is 5.21 Å². The van der Waals surface area contributed by atoms with E-state index in [4.69, 9.17) is 5.21 Å². The minimum Gasteiger partial charge on any atom is -0.411 e. The normalized spacial score (nSPS) is 29.7. The Morgan fingerprint density at radius 3 is 2.64 bits per heavy atom. The molecule has 0 aromatic heterocycles. The van der Waals surface area contributed by atoms with Gasteiger partial charge in [-0.25, -0.2) is 0 Å². The van der Waals surface area contributed by atoms with Crippen molar-refractivity contribution in [1.29, 1.82) is 0 Å². The molecule has 0 aliphatic heterocycles. The predicted molar refractivity (Wildman–Crippen MR) is 45.2 cm³/mol. The summed E-state index contributed by atoms with van der Waals surface area (Å²) < 4.78 is 0. The molecule has 1 unspecified atom stereocenters. The van der Waals surface area contributed by atoms with Gasteiger partial charge in [0.1, 0.15) is 0 Å². The van der Waals surface area contributed by atoms with Crippen LogP contribution < -0.4 is 0 Å². The quantitative estimate of drug-likeness (QED) is 0.459. The van der Waals surface area contributed by atoms with Gasteiger partial charge in [-0.2, -0.15) is 0 Å². The molecular formula is C8H16N2O. The molecule has 0 heterocycles. The third kappa shape index (κ3) is 1.93. The molecule has 1 atom stereocenters. The highest BCUT2D eigenvalue weighted by Crippen LogP contribution is 2.18. The second-order valence-electron chi connectivity index (χ2n) is 3.32. The lowest BCUT2D eigenvalue weighted by molar-refractivity contribution is 0.283. The maximum atomic E-state index is 8.67. The molecule has 0 aromatic carbocycles. The van der Waals surface area contributed by atoms with E-state index in [-0.39, 0.29) is 0 Å². The van der Waals surface area contributed by atoms with Gasteiger partial charge in [0, 0.05) is 0 Å². The van der Waals surface area contributed by atoms with Crippen LogP contribution in [0.15, 0.2) is 5.16 Å². The zero-order chi connectivity index (χ0) is 8.27. The molecule has 0 bridgehead atoms. The van der Waals surface area contributed by atoms with Crippen molar-refractivity contribution in [3.05, 3.63) is 0 Å². The molecule has 1 aliphatic carbocycles. The fraction of sp³-hybridized carbons (Fsp3) is 0.875. The van der Waals surface area contributed by atoms with Crippen LogP contribution in [0.2, 0.25) is 0 Å².